The highest BCUT2D eigenvalue weighted by Gasteiger charge is 2.33. The van der Waals surface area contributed by atoms with E-state index in [0.717, 1.165) is 0 Å². The zero-order valence-electron chi connectivity index (χ0n) is 9.81. The van der Waals surface area contributed by atoms with Gasteiger partial charge in [0.15, 0.2) is 0 Å². The zero-order chi connectivity index (χ0) is 14.5. The highest BCUT2D eigenvalue weighted by atomic mass is 19.4. The number of halogens is 3. The third kappa shape index (κ3) is 4.60. The molecule has 0 aromatic heterocycles. The molecule has 1 rings (SSSR count). The van der Waals surface area contributed by atoms with Crippen LogP contribution in [-0.2, 0) is 0 Å². The smallest absolute Gasteiger partial charge is 0.395 e. The van der Waals surface area contributed by atoms with Gasteiger partial charge in [-0.05, 0) is 18.2 Å². The highest BCUT2D eigenvalue weighted by Crippen LogP contribution is 2.18. The molecule has 0 fully saturated rings. The van der Waals surface area contributed by atoms with E-state index in [-0.39, 0.29) is 11.1 Å². The number of rotatable bonds is 4. The predicted octanol–water partition coefficient (Wildman–Crippen LogP) is 1.56. The number of amides is 1. The van der Waals surface area contributed by atoms with Crippen LogP contribution in [0.2, 0.25) is 0 Å². The molecule has 0 heterocycles. The Morgan fingerprint density at radius 1 is 1.42 bits per heavy atom. The number of nitrogens with zero attached hydrogens (tertiary/aromatic N) is 2. The predicted molar refractivity (Wildman–Crippen MR) is 60.2 cm³/mol. The van der Waals surface area contributed by atoms with E-state index in [9.17, 15) is 18.0 Å². The topological polar surface area (TPSA) is 64.3 Å². The fraction of sp³-hybridized carbons (Fsp3) is 0.333. The quantitative estimate of drug-likeness (QED) is 0.904. The number of aliphatic hydroxyl groups excluding tert-OH is 1. The Morgan fingerprint density at radius 2 is 2.11 bits per heavy atom. The van der Waals surface area contributed by atoms with Crippen molar-refractivity contribution in [2.75, 3.05) is 19.7 Å². The minimum Gasteiger partial charge on any atom is -0.395 e. The lowest BCUT2D eigenvalue weighted by Crippen LogP contribution is -2.40. The van der Waals surface area contributed by atoms with Crippen LogP contribution in [0, 0.1) is 11.3 Å². The fourth-order valence-electron chi connectivity index (χ4n) is 1.49. The largest absolute Gasteiger partial charge is 0.406 e. The Bertz CT molecular complexity index is 494. The van der Waals surface area contributed by atoms with Crippen LogP contribution >= 0.6 is 0 Å². The number of aliphatic hydroxyl groups is 1. The molecule has 0 bridgehead atoms. The molecule has 1 aromatic carbocycles. The number of nitriles is 1. The Morgan fingerprint density at radius 3 is 2.63 bits per heavy atom. The van der Waals surface area contributed by atoms with Gasteiger partial charge in [-0.15, -0.1) is 0 Å². The molecular formula is C12H11F3N2O2. The van der Waals surface area contributed by atoms with Crippen molar-refractivity contribution in [2.45, 2.75) is 6.18 Å². The van der Waals surface area contributed by atoms with Gasteiger partial charge in [0.2, 0.25) is 0 Å². The van der Waals surface area contributed by atoms with E-state index in [1.807, 2.05) is 0 Å². The van der Waals surface area contributed by atoms with Crippen molar-refractivity contribution < 1.29 is 23.1 Å². The molecule has 0 saturated heterocycles. The lowest BCUT2D eigenvalue weighted by molar-refractivity contribution is -0.141. The van der Waals surface area contributed by atoms with Gasteiger partial charge in [0.1, 0.15) is 6.54 Å². The van der Waals surface area contributed by atoms with E-state index in [1.165, 1.54) is 24.3 Å². The second-order valence-electron chi connectivity index (χ2n) is 3.76. The maximum absolute atomic E-state index is 12.3. The molecule has 0 aliphatic heterocycles. The molecule has 0 saturated carbocycles. The summed E-state index contributed by atoms with van der Waals surface area (Å²) in [6.45, 7) is -2.43. The van der Waals surface area contributed by atoms with Gasteiger partial charge >= 0.3 is 6.18 Å². The minimum absolute atomic E-state index is 0.0169. The zero-order valence-corrected chi connectivity index (χ0v) is 9.81. The van der Waals surface area contributed by atoms with Crippen molar-refractivity contribution in [1.29, 1.82) is 5.26 Å². The number of alkyl halides is 3. The highest BCUT2D eigenvalue weighted by molar-refractivity contribution is 5.94. The third-order valence-electron chi connectivity index (χ3n) is 2.27. The van der Waals surface area contributed by atoms with Crippen LogP contribution in [0.25, 0.3) is 0 Å². The molecule has 4 nitrogen and oxygen atoms in total. The van der Waals surface area contributed by atoms with Gasteiger partial charge in [-0.2, -0.15) is 18.4 Å². The van der Waals surface area contributed by atoms with Crippen LogP contribution in [-0.4, -0.2) is 41.8 Å². The van der Waals surface area contributed by atoms with Gasteiger partial charge in [-0.25, -0.2) is 0 Å². The normalized spacial score (nSPS) is 10.9. The number of hydrogen-bond donors (Lipinski definition) is 1. The summed E-state index contributed by atoms with van der Waals surface area (Å²) >= 11 is 0. The lowest BCUT2D eigenvalue weighted by Gasteiger charge is -2.23. The first-order chi connectivity index (χ1) is 8.87. The molecule has 0 aliphatic carbocycles. The molecule has 19 heavy (non-hydrogen) atoms. The molecule has 102 valence electrons. The molecule has 1 N–H and O–H groups in total. The third-order valence-corrected chi connectivity index (χ3v) is 2.27. The van der Waals surface area contributed by atoms with Gasteiger partial charge < -0.3 is 10.0 Å². The number of benzene rings is 1. The second-order valence-corrected chi connectivity index (χ2v) is 3.76. The summed E-state index contributed by atoms with van der Waals surface area (Å²) in [6.07, 6.45) is -4.54. The standard InChI is InChI=1S/C12H11F3N2O2/c13-12(14,15)8-17(4-5-18)11(19)10-3-1-2-9(6-10)7-16/h1-3,6,18H,4-5,8H2. The Kier molecular flexibility index (Phi) is 4.89. The maximum Gasteiger partial charge on any atom is 0.406 e. The molecule has 7 heteroatoms. The van der Waals surface area contributed by atoms with Gasteiger partial charge in [-0.3, -0.25) is 4.79 Å². The van der Waals surface area contributed by atoms with E-state index in [4.69, 9.17) is 10.4 Å². The Labute approximate surface area is 107 Å². The van der Waals surface area contributed by atoms with Crippen molar-refractivity contribution >= 4 is 5.91 Å². The first-order valence-electron chi connectivity index (χ1n) is 5.34. The minimum atomic E-state index is -4.54. The summed E-state index contributed by atoms with van der Waals surface area (Å²) in [6, 6.07) is 7.19. The van der Waals surface area contributed by atoms with Gasteiger partial charge in [0.05, 0.1) is 18.2 Å². The number of hydrogen-bond acceptors (Lipinski definition) is 3. The van der Waals surface area contributed by atoms with E-state index in [1.54, 1.807) is 6.07 Å². The first-order valence-corrected chi connectivity index (χ1v) is 5.34. The van der Waals surface area contributed by atoms with Crippen molar-refractivity contribution in [3.63, 3.8) is 0 Å². The molecule has 0 radical (unpaired) electrons. The number of carbonyl (C=O) groups excluding carboxylic acids is 1. The molecule has 0 atom stereocenters. The second kappa shape index (κ2) is 6.20. The summed E-state index contributed by atoms with van der Waals surface area (Å²) in [4.78, 5) is 12.4. The van der Waals surface area contributed by atoms with Gasteiger partial charge in [0.25, 0.3) is 5.91 Å². The summed E-state index contributed by atoms with van der Waals surface area (Å²) in [7, 11) is 0. The molecular weight excluding hydrogens is 261 g/mol. The first kappa shape index (κ1) is 15.0. The van der Waals surface area contributed by atoms with Crippen molar-refractivity contribution in [3.05, 3.63) is 35.4 Å². The summed E-state index contributed by atoms with van der Waals surface area (Å²) < 4.78 is 37.0. The summed E-state index contributed by atoms with van der Waals surface area (Å²) in [5, 5.41) is 17.4. The van der Waals surface area contributed by atoms with Gasteiger partial charge in [-0.1, -0.05) is 6.07 Å². The molecule has 0 spiro atoms. The van der Waals surface area contributed by atoms with E-state index < -0.39 is 31.8 Å². The van der Waals surface area contributed by atoms with Gasteiger partial charge in [0, 0.05) is 12.1 Å². The Hall–Kier alpha value is -2.07. The van der Waals surface area contributed by atoms with Crippen LogP contribution in [0.15, 0.2) is 24.3 Å². The summed E-state index contributed by atoms with van der Waals surface area (Å²) in [5.74, 6) is -0.872. The van der Waals surface area contributed by atoms with Crippen LogP contribution in [0.3, 0.4) is 0 Å². The molecule has 0 aliphatic rings. The van der Waals surface area contributed by atoms with Crippen LogP contribution < -0.4 is 0 Å². The summed E-state index contributed by atoms with van der Waals surface area (Å²) in [5.41, 5.74) is 0.165. The molecule has 0 unspecified atom stereocenters. The van der Waals surface area contributed by atoms with Crippen LogP contribution in [0.5, 0.6) is 0 Å². The molecule has 1 amide bonds. The molecule has 1 aromatic rings. The van der Waals surface area contributed by atoms with Crippen molar-refractivity contribution in [3.8, 4) is 6.07 Å². The average molecular weight is 272 g/mol. The monoisotopic (exact) mass is 272 g/mol. The fourth-order valence-corrected chi connectivity index (χ4v) is 1.49. The van der Waals surface area contributed by atoms with Crippen molar-refractivity contribution in [1.82, 2.24) is 4.90 Å². The Balaban J connectivity index is 2.95. The van der Waals surface area contributed by atoms with Crippen molar-refractivity contribution in [2.24, 2.45) is 0 Å². The lowest BCUT2D eigenvalue weighted by atomic mass is 10.1. The average Bonchev–Trinajstić information content (AvgIpc) is 2.36. The SMILES string of the molecule is N#Cc1cccc(C(=O)N(CCO)CC(F)(F)F)c1. The van der Waals surface area contributed by atoms with Crippen LogP contribution in [0.1, 0.15) is 15.9 Å². The van der Waals surface area contributed by atoms with E-state index >= 15 is 0 Å². The number of carbonyl (C=O) groups is 1. The van der Waals surface area contributed by atoms with Crippen LogP contribution in [0.4, 0.5) is 13.2 Å². The van der Waals surface area contributed by atoms with E-state index in [0.29, 0.717) is 4.90 Å². The maximum atomic E-state index is 12.3. The van der Waals surface area contributed by atoms with E-state index in [2.05, 4.69) is 0 Å².